The van der Waals surface area contributed by atoms with E-state index in [1.165, 1.54) is 5.39 Å². The SMILES string of the molecule is CCc1nnc(Oc2ccc3cc[nH]c3c2)n1CC.NS(=O)c1cc(F)c(F)c(F)c1. The summed E-state index contributed by atoms with van der Waals surface area (Å²) in [5.41, 5.74) is 1.05. The molecule has 0 spiro atoms. The molecule has 1 unspecified atom stereocenters. The van der Waals surface area contributed by atoms with Crippen LogP contribution in [0, 0.1) is 17.5 Å². The topological polar surface area (TPSA) is 98.8 Å². The minimum absolute atomic E-state index is 0.286. The van der Waals surface area contributed by atoms with Crippen LogP contribution in [-0.4, -0.2) is 24.0 Å². The van der Waals surface area contributed by atoms with E-state index in [0.717, 1.165) is 30.1 Å². The Morgan fingerprint density at radius 3 is 2.42 bits per heavy atom. The van der Waals surface area contributed by atoms with Gasteiger partial charge in [0, 0.05) is 30.7 Å². The Morgan fingerprint density at radius 2 is 1.81 bits per heavy atom. The quantitative estimate of drug-likeness (QED) is 0.444. The second-order valence-electron chi connectivity index (χ2n) is 6.32. The van der Waals surface area contributed by atoms with E-state index in [-0.39, 0.29) is 4.90 Å². The lowest BCUT2D eigenvalue weighted by molar-refractivity contribution is 0.411. The first kappa shape index (κ1) is 22.5. The summed E-state index contributed by atoms with van der Waals surface area (Å²) in [5, 5.41) is 14.2. The van der Waals surface area contributed by atoms with Crippen LogP contribution in [0.3, 0.4) is 0 Å². The van der Waals surface area contributed by atoms with Crippen LogP contribution in [0.4, 0.5) is 13.2 Å². The summed E-state index contributed by atoms with van der Waals surface area (Å²) < 4.78 is 55.4. The van der Waals surface area contributed by atoms with Gasteiger partial charge in [-0.2, -0.15) is 0 Å². The summed E-state index contributed by atoms with van der Waals surface area (Å²) >= 11 is 0. The molecule has 0 saturated heterocycles. The summed E-state index contributed by atoms with van der Waals surface area (Å²) in [7, 11) is -2.00. The van der Waals surface area contributed by atoms with Crippen molar-refractivity contribution in [3.63, 3.8) is 0 Å². The number of H-pyrrole nitrogens is 1. The molecular weight excluding hydrogens is 431 g/mol. The highest BCUT2D eigenvalue weighted by atomic mass is 32.2. The first-order valence-electron chi connectivity index (χ1n) is 9.31. The number of rotatable bonds is 5. The van der Waals surface area contributed by atoms with Gasteiger partial charge in [-0.15, -0.1) is 5.10 Å². The third kappa shape index (κ3) is 5.12. The van der Waals surface area contributed by atoms with Crippen molar-refractivity contribution in [2.75, 3.05) is 0 Å². The predicted molar refractivity (Wildman–Crippen MR) is 110 cm³/mol. The summed E-state index contributed by atoms with van der Waals surface area (Å²) in [6.45, 7) is 4.92. The molecule has 0 fully saturated rings. The molecule has 2 aromatic carbocycles. The number of hydrogen-bond acceptors (Lipinski definition) is 4. The molecule has 11 heteroatoms. The summed E-state index contributed by atoms with van der Waals surface area (Å²) in [5.74, 6) is -2.69. The monoisotopic (exact) mass is 451 g/mol. The van der Waals surface area contributed by atoms with Crippen molar-refractivity contribution >= 4 is 21.9 Å². The Kier molecular flexibility index (Phi) is 7.08. The second kappa shape index (κ2) is 9.75. The van der Waals surface area contributed by atoms with Gasteiger partial charge >= 0.3 is 6.01 Å². The Morgan fingerprint density at radius 1 is 1.10 bits per heavy atom. The predicted octanol–water partition coefficient (Wildman–Crippen LogP) is 4.22. The molecule has 1 atom stereocenters. The van der Waals surface area contributed by atoms with Crippen LogP contribution in [0.2, 0.25) is 0 Å². The van der Waals surface area contributed by atoms with E-state index in [2.05, 4.69) is 29.0 Å². The van der Waals surface area contributed by atoms with Crippen LogP contribution in [-0.2, 0) is 24.0 Å². The molecule has 3 N–H and O–H groups in total. The highest BCUT2D eigenvalue weighted by Gasteiger charge is 2.12. The van der Waals surface area contributed by atoms with Crippen LogP contribution in [0.25, 0.3) is 10.9 Å². The third-order valence-corrected chi connectivity index (χ3v) is 5.05. The van der Waals surface area contributed by atoms with Gasteiger partial charge in [-0.25, -0.2) is 22.5 Å². The lowest BCUT2D eigenvalue weighted by atomic mass is 10.2. The molecule has 2 heterocycles. The fraction of sp³-hybridized carbons (Fsp3) is 0.200. The Labute approximate surface area is 178 Å². The van der Waals surface area contributed by atoms with Gasteiger partial charge in [0.15, 0.2) is 17.5 Å². The van der Waals surface area contributed by atoms with Gasteiger partial charge in [0.1, 0.15) is 22.6 Å². The molecule has 4 rings (SSSR count). The molecule has 7 nitrogen and oxygen atoms in total. The minimum atomic E-state index is -2.00. The molecule has 0 bridgehead atoms. The largest absolute Gasteiger partial charge is 0.424 e. The molecule has 4 aromatic rings. The van der Waals surface area contributed by atoms with Gasteiger partial charge in [-0.05, 0) is 42.6 Å². The van der Waals surface area contributed by atoms with Gasteiger partial charge in [-0.3, -0.25) is 4.57 Å². The lowest BCUT2D eigenvalue weighted by Gasteiger charge is -2.07. The highest BCUT2D eigenvalue weighted by Crippen LogP contribution is 2.24. The van der Waals surface area contributed by atoms with E-state index in [9.17, 15) is 17.4 Å². The Hall–Kier alpha value is -3.18. The van der Waals surface area contributed by atoms with Crippen LogP contribution in [0.1, 0.15) is 19.7 Å². The maximum absolute atomic E-state index is 12.4. The molecule has 0 aliphatic heterocycles. The summed E-state index contributed by atoms with van der Waals surface area (Å²) in [6.07, 6.45) is 2.76. The van der Waals surface area contributed by atoms with Gasteiger partial charge in [-0.1, -0.05) is 12.0 Å². The van der Waals surface area contributed by atoms with E-state index in [1.54, 1.807) is 0 Å². The fourth-order valence-electron chi connectivity index (χ4n) is 2.82. The first-order chi connectivity index (χ1) is 14.8. The summed E-state index contributed by atoms with van der Waals surface area (Å²) in [4.78, 5) is 2.88. The number of nitrogens with two attached hydrogens (primary N) is 1. The molecule has 0 saturated carbocycles. The maximum Gasteiger partial charge on any atom is 0.322 e. The van der Waals surface area contributed by atoms with E-state index >= 15 is 0 Å². The summed E-state index contributed by atoms with van der Waals surface area (Å²) in [6, 6.07) is 9.69. The molecule has 31 heavy (non-hydrogen) atoms. The first-order valence-corrected chi connectivity index (χ1v) is 10.5. The number of ether oxygens (including phenoxy) is 1. The normalized spacial score (nSPS) is 11.8. The van der Waals surface area contributed by atoms with Crippen LogP contribution < -0.4 is 9.88 Å². The number of nitrogens with zero attached hydrogens (tertiary/aromatic N) is 3. The smallest absolute Gasteiger partial charge is 0.322 e. The number of aromatic nitrogens is 4. The number of hydrogen-bond donors (Lipinski definition) is 2. The number of aryl methyl sites for hydroxylation is 1. The van der Waals surface area contributed by atoms with Gasteiger partial charge in [0.05, 0.1) is 4.90 Å². The number of aromatic amines is 1. The standard InChI is InChI=1S/C14H16N4O.C6H4F3NOS/c1-3-13-16-17-14(18(13)4-2)19-11-6-5-10-7-8-15-12(10)9-11;7-4-1-3(12(10)11)2-5(8)6(4)9/h5-9,15H,3-4H2,1-2H3;1-2H,10H2. The van der Waals surface area contributed by atoms with Crippen LogP contribution >= 0.6 is 0 Å². The second-order valence-corrected chi connectivity index (χ2v) is 7.39. The van der Waals surface area contributed by atoms with Crippen LogP contribution in [0.5, 0.6) is 11.8 Å². The zero-order chi connectivity index (χ0) is 22.5. The zero-order valence-electron chi connectivity index (χ0n) is 16.7. The highest BCUT2D eigenvalue weighted by molar-refractivity contribution is 7.82. The number of fused-ring (bicyclic) bond motifs is 1. The van der Waals surface area contributed by atoms with E-state index in [0.29, 0.717) is 18.1 Å². The van der Waals surface area contributed by atoms with Crippen molar-refractivity contribution in [3.05, 3.63) is 65.9 Å². The lowest BCUT2D eigenvalue weighted by Crippen LogP contribution is -2.05. The molecule has 0 radical (unpaired) electrons. The van der Waals surface area contributed by atoms with Crippen molar-refractivity contribution in [3.8, 4) is 11.8 Å². The molecule has 0 aliphatic rings. The van der Waals surface area contributed by atoms with Crippen molar-refractivity contribution in [1.29, 1.82) is 0 Å². The van der Waals surface area contributed by atoms with Crippen molar-refractivity contribution in [2.45, 2.75) is 31.7 Å². The van der Waals surface area contributed by atoms with E-state index in [1.807, 2.05) is 35.0 Å². The van der Waals surface area contributed by atoms with Crippen LogP contribution in [0.15, 0.2) is 47.5 Å². The minimum Gasteiger partial charge on any atom is -0.424 e. The molecule has 0 aliphatic carbocycles. The van der Waals surface area contributed by atoms with E-state index < -0.39 is 28.4 Å². The average Bonchev–Trinajstić information content (AvgIpc) is 3.37. The van der Waals surface area contributed by atoms with Crippen molar-refractivity contribution < 1.29 is 22.1 Å². The Balaban J connectivity index is 0.000000196. The van der Waals surface area contributed by atoms with Crippen molar-refractivity contribution in [2.24, 2.45) is 5.14 Å². The Bertz CT molecular complexity index is 1200. The molecule has 2 aromatic heterocycles. The van der Waals surface area contributed by atoms with E-state index in [4.69, 9.17) is 9.88 Å². The molecule has 164 valence electrons. The fourth-order valence-corrected chi connectivity index (χ4v) is 3.26. The number of halogens is 3. The molecular formula is C20H20F3N5O2S. The zero-order valence-corrected chi connectivity index (χ0v) is 17.5. The van der Waals surface area contributed by atoms with Gasteiger partial charge in [0.2, 0.25) is 0 Å². The average molecular weight is 451 g/mol. The van der Waals surface area contributed by atoms with Gasteiger partial charge in [0.25, 0.3) is 0 Å². The number of benzene rings is 2. The molecule has 0 amide bonds. The van der Waals surface area contributed by atoms with Crippen molar-refractivity contribution in [1.82, 2.24) is 19.7 Å². The third-order valence-electron chi connectivity index (χ3n) is 4.35. The van der Waals surface area contributed by atoms with Gasteiger partial charge < -0.3 is 9.72 Å². The maximum atomic E-state index is 12.4. The number of nitrogens with one attached hydrogen (secondary N) is 1.